The first-order chi connectivity index (χ1) is 9.51. The van der Waals surface area contributed by atoms with E-state index in [0.717, 1.165) is 6.07 Å². The van der Waals surface area contributed by atoms with Crippen molar-refractivity contribution in [3.63, 3.8) is 0 Å². The minimum Gasteiger partial charge on any atom is -0.497 e. The van der Waals surface area contributed by atoms with Crippen molar-refractivity contribution < 1.29 is 18.3 Å². The largest absolute Gasteiger partial charge is 0.497 e. The maximum Gasteiger partial charge on any atom is 0.258 e. The number of hydrogen-bond acceptors (Lipinski definition) is 2. The lowest BCUT2D eigenvalue weighted by Gasteiger charge is -2.09. The highest BCUT2D eigenvalue weighted by molar-refractivity contribution is 9.10. The summed E-state index contributed by atoms with van der Waals surface area (Å²) >= 11 is 3.26. The van der Waals surface area contributed by atoms with Crippen LogP contribution in [0.15, 0.2) is 40.9 Å². The fourth-order valence-electron chi connectivity index (χ4n) is 1.63. The lowest BCUT2D eigenvalue weighted by atomic mass is 10.2. The molecular weight excluding hydrogens is 332 g/mol. The maximum absolute atomic E-state index is 13.5. The Kier molecular flexibility index (Phi) is 4.34. The molecule has 20 heavy (non-hydrogen) atoms. The molecule has 6 heteroatoms. The Bertz CT molecular complexity index is 662. The van der Waals surface area contributed by atoms with Crippen LogP contribution in [0.25, 0.3) is 0 Å². The lowest BCUT2D eigenvalue weighted by molar-refractivity contribution is 0.102. The number of halogens is 3. The molecule has 0 fully saturated rings. The highest BCUT2D eigenvalue weighted by atomic mass is 79.9. The van der Waals surface area contributed by atoms with Crippen molar-refractivity contribution >= 4 is 27.5 Å². The van der Waals surface area contributed by atoms with Crippen molar-refractivity contribution in [3.05, 3.63) is 58.1 Å². The highest BCUT2D eigenvalue weighted by Gasteiger charge is 2.15. The summed E-state index contributed by atoms with van der Waals surface area (Å²) in [5, 5.41) is 2.49. The van der Waals surface area contributed by atoms with Crippen molar-refractivity contribution in [2.75, 3.05) is 12.4 Å². The van der Waals surface area contributed by atoms with Crippen molar-refractivity contribution in [1.29, 1.82) is 0 Å². The van der Waals surface area contributed by atoms with Gasteiger partial charge in [0.15, 0.2) is 11.6 Å². The van der Waals surface area contributed by atoms with Crippen LogP contribution in [0.4, 0.5) is 14.5 Å². The smallest absolute Gasteiger partial charge is 0.258 e. The molecule has 104 valence electrons. The molecule has 0 heterocycles. The first-order valence-electron chi connectivity index (χ1n) is 5.61. The quantitative estimate of drug-likeness (QED) is 0.916. The van der Waals surface area contributed by atoms with E-state index in [4.69, 9.17) is 4.74 Å². The maximum atomic E-state index is 13.5. The molecule has 0 bridgehead atoms. The molecule has 2 rings (SSSR count). The number of rotatable bonds is 3. The van der Waals surface area contributed by atoms with Crippen LogP contribution in [0.5, 0.6) is 5.75 Å². The number of carbonyl (C=O) groups excluding carboxylic acids is 1. The van der Waals surface area contributed by atoms with Gasteiger partial charge in [-0.25, -0.2) is 8.78 Å². The molecule has 0 spiro atoms. The first-order valence-corrected chi connectivity index (χ1v) is 6.40. The molecule has 0 radical (unpaired) electrons. The molecule has 0 saturated heterocycles. The summed E-state index contributed by atoms with van der Waals surface area (Å²) in [7, 11) is 1.49. The molecule has 0 saturated carbocycles. The lowest BCUT2D eigenvalue weighted by Crippen LogP contribution is -2.14. The average Bonchev–Trinajstić information content (AvgIpc) is 2.41. The van der Waals surface area contributed by atoms with E-state index in [2.05, 4.69) is 21.2 Å². The van der Waals surface area contributed by atoms with Gasteiger partial charge in [-0.1, -0.05) is 22.0 Å². The number of nitrogens with one attached hydrogen (secondary N) is 1. The van der Waals surface area contributed by atoms with Gasteiger partial charge in [0.05, 0.1) is 12.7 Å². The van der Waals surface area contributed by atoms with E-state index < -0.39 is 17.5 Å². The van der Waals surface area contributed by atoms with Gasteiger partial charge in [0.1, 0.15) is 5.75 Å². The Morgan fingerprint density at radius 1 is 1.25 bits per heavy atom. The fraction of sp³-hybridized carbons (Fsp3) is 0.0714. The van der Waals surface area contributed by atoms with E-state index in [1.165, 1.54) is 19.2 Å². The third-order valence-corrected chi connectivity index (χ3v) is 3.02. The van der Waals surface area contributed by atoms with E-state index >= 15 is 0 Å². The van der Waals surface area contributed by atoms with E-state index in [1.54, 1.807) is 18.2 Å². The number of methoxy groups -OCH3 is 1. The van der Waals surface area contributed by atoms with Gasteiger partial charge in [0, 0.05) is 16.2 Å². The molecule has 0 unspecified atom stereocenters. The summed E-state index contributed by atoms with van der Waals surface area (Å²) in [6, 6.07) is 8.34. The fourth-order valence-corrected chi connectivity index (χ4v) is 2.10. The topological polar surface area (TPSA) is 38.3 Å². The van der Waals surface area contributed by atoms with Gasteiger partial charge >= 0.3 is 0 Å². The molecule has 0 aliphatic rings. The number of ether oxygens (including phenoxy) is 1. The summed E-state index contributed by atoms with van der Waals surface area (Å²) in [5.41, 5.74) is 0.0498. The van der Waals surface area contributed by atoms with Crippen molar-refractivity contribution in [3.8, 4) is 5.75 Å². The summed E-state index contributed by atoms with van der Waals surface area (Å²) in [5.74, 6) is -2.45. The molecular formula is C14H10BrF2NO2. The Labute approximate surface area is 122 Å². The van der Waals surface area contributed by atoms with Gasteiger partial charge < -0.3 is 10.1 Å². The van der Waals surface area contributed by atoms with Crippen LogP contribution in [-0.2, 0) is 0 Å². The molecule has 1 amide bonds. The zero-order chi connectivity index (χ0) is 14.7. The predicted molar refractivity (Wildman–Crippen MR) is 75.0 cm³/mol. The summed E-state index contributed by atoms with van der Waals surface area (Å²) in [4.78, 5) is 11.9. The molecule has 2 aromatic rings. The average molecular weight is 342 g/mol. The number of hydrogen-bond donors (Lipinski definition) is 1. The highest BCUT2D eigenvalue weighted by Crippen LogP contribution is 2.25. The zero-order valence-corrected chi connectivity index (χ0v) is 12.0. The van der Waals surface area contributed by atoms with Crippen molar-refractivity contribution in [2.24, 2.45) is 0 Å². The van der Waals surface area contributed by atoms with Gasteiger partial charge in [-0.2, -0.15) is 0 Å². The van der Waals surface area contributed by atoms with E-state index in [1.807, 2.05) is 0 Å². The summed E-state index contributed by atoms with van der Waals surface area (Å²) in [6.07, 6.45) is 0. The van der Waals surface area contributed by atoms with E-state index in [0.29, 0.717) is 15.9 Å². The second-order valence-corrected chi connectivity index (χ2v) is 4.85. The Morgan fingerprint density at radius 2 is 2.00 bits per heavy atom. The van der Waals surface area contributed by atoms with E-state index in [9.17, 15) is 13.6 Å². The van der Waals surface area contributed by atoms with Gasteiger partial charge in [0.25, 0.3) is 5.91 Å². The zero-order valence-electron chi connectivity index (χ0n) is 10.4. The SMILES string of the molecule is COc1cc(Br)cc(NC(=O)c2cccc(F)c2F)c1. The second kappa shape index (κ2) is 6.00. The minimum absolute atomic E-state index is 0.357. The minimum atomic E-state index is -1.17. The van der Waals surface area contributed by atoms with E-state index in [-0.39, 0.29) is 5.56 Å². The first kappa shape index (κ1) is 14.5. The van der Waals surface area contributed by atoms with Crippen LogP contribution >= 0.6 is 15.9 Å². The number of anilines is 1. The monoisotopic (exact) mass is 341 g/mol. The standard InChI is InChI=1S/C14H10BrF2NO2/c1-20-10-6-8(15)5-9(7-10)18-14(19)11-3-2-4-12(16)13(11)17/h2-7H,1H3,(H,18,19). The van der Waals surface area contributed by atoms with Gasteiger partial charge in [-0.05, 0) is 24.3 Å². The van der Waals surface area contributed by atoms with Crippen LogP contribution < -0.4 is 10.1 Å². The van der Waals surface area contributed by atoms with Gasteiger partial charge in [-0.15, -0.1) is 0 Å². The normalized spacial score (nSPS) is 10.2. The van der Waals surface area contributed by atoms with Crippen molar-refractivity contribution in [1.82, 2.24) is 0 Å². The third kappa shape index (κ3) is 3.14. The summed E-state index contributed by atoms with van der Waals surface area (Å²) in [6.45, 7) is 0. The molecule has 2 aromatic carbocycles. The molecule has 3 nitrogen and oxygen atoms in total. The Hall–Kier alpha value is -1.95. The number of carbonyl (C=O) groups is 1. The van der Waals surface area contributed by atoms with Crippen LogP contribution in [0, 0.1) is 11.6 Å². The van der Waals surface area contributed by atoms with Crippen LogP contribution in [0.3, 0.4) is 0 Å². The second-order valence-electron chi connectivity index (χ2n) is 3.94. The van der Waals surface area contributed by atoms with Gasteiger partial charge in [0.2, 0.25) is 0 Å². The predicted octanol–water partition coefficient (Wildman–Crippen LogP) is 3.99. The number of benzene rings is 2. The summed E-state index contributed by atoms with van der Waals surface area (Å²) < 4.78 is 32.3. The Balaban J connectivity index is 2.28. The van der Waals surface area contributed by atoms with Crippen LogP contribution in [0.2, 0.25) is 0 Å². The molecule has 0 aromatic heterocycles. The third-order valence-electron chi connectivity index (χ3n) is 2.56. The van der Waals surface area contributed by atoms with Crippen molar-refractivity contribution in [2.45, 2.75) is 0 Å². The molecule has 0 aliphatic heterocycles. The molecule has 1 N–H and O–H groups in total. The Morgan fingerprint density at radius 3 is 2.70 bits per heavy atom. The van der Waals surface area contributed by atoms with Gasteiger partial charge in [-0.3, -0.25) is 4.79 Å². The number of amides is 1. The van der Waals surface area contributed by atoms with Crippen LogP contribution in [-0.4, -0.2) is 13.0 Å². The molecule has 0 aliphatic carbocycles. The molecule has 0 atom stereocenters. The van der Waals surface area contributed by atoms with Crippen LogP contribution in [0.1, 0.15) is 10.4 Å².